The van der Waals surface area contributed by atoms with Crippen LogP contribution in [-0.2, 0) is 0 Å². The molecular weight excluding hydrogens is 284 g/mol. The Balaban J connectivity index is 2.10. The van der Waals surface area contributed by atoms with E-state index in [2.05, 4.69) is 26.2 Å². The van der Waals surface area contributed by atoms with Crippen molar-refractivity contribution in [2.24, 2.45) is 0 Å². The van der Waals surface area contributed by atoms with Crippen LogP contribution in [0.15, 0.2) is 26.8 Å². The fourth-order valence-electron chi connectivity index (χ4n) is 0.884. The number of rotatable bonds is 2. The number of hydrogen-bond donors (Lipinski definition) is 1. The highest BCUT2D eigenvalue weighted by Gasteiger charge is 2.08. The van der Waals surface area contributed by atoms with E-state index < -0.39 is 0 Å². The summed E-state index contributed by atoms with van der Waals surface area (Å²) < 4.78 is 0.946. The Morgan fingerprint density at radius 2 is 2.36 bits per heavy atom. The Kier molecular flexibility index (Phi) is 2.95. The molecule has 1 N–H and O–H groups in total. The van der Waals surface area contributed by atoms with Crippen molar-refractivity contribution in [1.82, 2.24) is 4.98 Å². The van der Waals surface area contributed by atoms with Crippen molar-refractivity contribution in [3.63, 3.8) is 0 Å². The number of thiophene rings is 1. The summed E-state index contributed by atoms with van der Waals surface area (Å²) in [6.45, 7) is 0. The maximum atomic E-state index is 11.6. The van der Waals surface area contributed by atoms with Crippen molar-refractivity contribution in [2.45, 2.75) is 0 Å². The molecule has 2 aromatic heterocycles. The zero-order chi connectivity index (χ0) is 9.97. The molecule has 0 aliphatic heterocycles. The number of thiazole rings is 1. The monoisotopic (exact) mass is 288 g/mol. The molecule has 0 aromatic carbocycles. The van der Waals surface area contributed by atoms with Gasteiger partial charge in [0.05, 0.1) is 9.35 Å². The van der Waals surface area contributed by atoms with Crippen LogP contribution >= 0.6 is 38.6 Å². The second-order valence-corrected chi connectivity index (χ2v) is 5.62. The number of carbonyl (C=O) groups excluding carboxylic acids is 1. The van der Waals surface area contributed by atoms with Crippen LogP contribution < -0.4 is 5.32 Å². The van der Waals surface area contributed by atoms with Crippen LogP contribution in [0.5, 0.6) is 0 Å². The maximum absolute atomic E-state index is 11.6. The van der Waals surface area contributed by atoms with E-state index >= 15 is 0 Å². The number of amides is 1. The predicted molar refractivity (Wildman–Crippen MR) is 62.1 cm³/mol. The first kappa shape index (κ1) is 9.82. The van der Waals surface area contributed by atoms with E-state index in [9.17, 15) is 4.79 Å². The molecule has 14 heavy (non-hydrogen) atoms. The third-order valence-electron chi connectivity index (χ3n) is 1.48. The first-order valence-corrected chi connectivity index (χ1v) is 6.26. The van der Waals surface area contributed by atoms with Gasteiger partial charge in [-0.15, -0.1) is 22.7 Å². The van der Waals surface area contributed by atoms with Crippen molar-refractivity contribution in [3.8, 4) is 0 Å². The van der Waals surface area contributed by atoms with Gasteiger partial charge < -0.3 is 0 Å². The third kappa shape index (κ3) is 2.20. The largest absolute Gasteiger partial charge is 0.298 e. The first-order chi connectivity index (χ1) is 6.75. The second-order valence-electron chi connectivity index (χ2n) is 2.43. The van der Waals surface area contributed by atoms with Gasteiger partial charge in [-0.2, -0.15) is 0 Å². The highest BCUT2D eigenvalue weighted by molar-refractivity contribution is 9.11. The molecule has 0 unspecified atom stereocenters. The van der Waals surface area contributed by atoms with E-state index in [1.165, 1.54) is 22.7 Å². The van der Waals surface area contributed by atoms with Gasteiger partial charge in [-0.3, -0.25) is 10.1 Å². The minimum Gasteiger partial charge on any atom is -0.298 e. The molecule has 2 rings (SSSR count). The lowest BCUT2D eigenvalue weighted by Gasteiger charge is -1.96. The molecule has 0 radical (unpaired) electrons. The van der Waals surface area contributed by atoms with E-state index in [1.54, 1.807) is 17.6 Å². The number of nitrogens with one attached hydrogen (secondary N) is 1. The Morgan fingerprint density at radius 3 is 2.93 bits per heavy atom. The summed E-state index contributed by atoms with van der Waals surface area (Å²) in [5.74, 6) is -0.123. The van der Waals surface area contributed by atoms with Gasteiger partial charge >= 0.3 is 0 Å². The maximum Gasteiger partial charge on any atom is 0.258 e. The van der Waals surface area contributed by atoms with Gasteiger partial charge in [-0.1, -0.05) is 0 Å². The lowest BCUT2D eigenvalue weighted by molar-refractivity contribution is 0.102. The summed E-state index contributed by atoms with van der Waals surface area (Å²) >= 11 is 6.19. The zero-order valence-corrected chi connectivity index (χ0v) is 10.1. The van der Waals surface area contributed by atoms with Gasteiger partial charge in [0, 0.05) is 17.0 Å². The quantitative estimate of drug-likeness (QED) is 0.922. The SMILES string of the molecule is O=C(Nc1nccs1)c1csc(Br)c1. The fraction of sp³-hybridized carbons (Fsp3) is 0. The third-order valence-corrected chi connectivity index (χ3v) is 3.68. The van der Waals surface area contributed by atoms with E-state index in [1.807, 2.05) is 5.38 Å². The summed E-state index contributed by atoms with van der Waals surface area (Å²) in [5, 5.41) is 6.95. The van der Waals surface area contributed by atoms with Gasteiger partial charge in [0.1, 0.15) is 0 Å². The van der Waals surface area contributed by atoms with Crippen molar-refractivity contribution in [1.29, 1.82) is 0 Å². The van der Waals surface area contributed by atoms with E-state index in [0.717, 1.165) is 3.79 Å². The summed E-state index contributed by atoms with van der Waals surface area (Å²) in [7, 11) is 0. The van der Waals surface area contributed by atoms with Gasteiger partial charge in [-0.05, 0) is 22.0 Å². The number of aromatic nitrogens is 1. The van der Waals surface area contributed by atoms with Gasteiger partial charge in [0.15, 0.2) is 5.13 Å². The van der Waals surface area contributed by atoms with Crippen molar-refractivity contribution >= 4 is 49.6 Å². The molecule has 0 saturated carbocycles. The Labute approximate surface area is 96.9 Å². The van der Waals surface area contributed by atoms with Crippen LogP contribution in [-0.4, -0.2) is 10.9 Å². The average Bonchev–Trinajstić information content (AvgIpc) is 2.75. The lowest BCUT2D eigenvalue weighted by atomic mass is 10.3. The number of hydrogen-bond acceptors (Lipinski definition) is 4. The summed E-state index contributed by atoms with van der Waals surface area (Å²) in [5.41, 5.74) is 0.650. The normalized spacial score (nSPS) is 10.1. The van der Waals surface area contributed by atoms with Crippen LogP contribution in [0.25, 0.3) is 0 Å². The average molecular weight is 289 g/mol. The molecular formula is C8H5BrN2OS2. The topological polar surface area (TPSA) is 42.0 Å². The zero-order valence-electron chi connectivity index (χ0n) is 6.86. The summed E-state index contributed by atoms with van der Waals surface area (Å²) in [6, 6.07) is 1.79. The smallest absolute Gasteiger partial charge is 0.258 e. The highest BCUT2D eigenvalue weighted by atomic mass is 79.9. The molecule has 0 aliphatic rings. The Bertz CT molecular complexity index is 438. The number of carbonyl (C=O) groups is 1. The highest BCUT2D eigenvalue weighted by Crippen LogP contribution is 2.21. The van der Waals surface area contributed by atoms with Gasteiger partial charge in [0.2, 0.25) is 0 Å². The molecule has 0 atom stereocenters. The molecule has 0 fully saturated rings. The van der Waals surface area contributed by atoms with Crippen LogP contribution in [0, 0.1) is 0 Å². The van der Waals surface area contributed by atoms with Gasteiger partial charge in [-0.25, -0.2) is 4.98 Å². The molecule has 2 heterocycles. The summed E-state index contributed by atoms with van der Waals surface area (Å²) in [4.78, 5) is 15.5. The molecule has 1 amide bonds. The van der Waals surface area contributed by atoms with Crippen molar-refractivity contribution in [3.05, 3.63) is 32.4 Å². The number of anilines is 1. The van der Waals surface area contributed by atoms with Crippen LogP contribution in [0.3, 0.4) is 0 Å². The van der Waals surface area contributed by atoms with Crippen LogP contribution in [0.1, 0.15) is 10.4 Å². The molecule has 6 heteroatoms. The second kappa shape index (κ2) is 4.20. The standard InChI is InChI=1S/C8H5BrN2OS2/c9-6-3-5(4-14-6)7(12)11-8-10-1-2-13-8/h1-4H,(H,10,11,12). The number of halogens is 1. The van der Waals surface area contributed by atoms with E-state index in [-0.39, 0.29) is 5.91 Å². The molecule has 0 bridgehead atoms. The predicted octanol–water partition coefficient (Wildman–Crippen LogP) is 3.22. The Hall–Kier alpha value is -0.720. The van der Waals surface area contributed by atoms with Crippen molar-refractivity contribution in [2.75, 3.05) is 5.32 Å². The minimum absolute atomic E-state index is 0.123. The fourth-order valence-corrected chi connectivity index (χ4v) is 2.54. The molecule has 0 saturated heterocycles. The molecule has 0 aliphatic carbocycles. The lowest BCUT2D eigenvalue weighted by Crippen LogP contribution is -2.10. The summed E-state index contributed by atoms with van der Waals surface area (Å²) in [6.07, 6.45) is 1.66. The molecule has 72 valence electrons. The van der Waals surface area contributed by atoms with E-state index in [4.69, 9.17) is 0 Å². The van der Waals surface area contributed by atoms with E-state index in [0.29, 0.717) is 10.7 Å². The molecule has 0 spiro atoms. The first-order valence-electron chi connectivity index (χ1n) is 3.70. The molecule has 3 nitrogen and oxygen atoms in total. The minimum atomic E-state index is -0.123. The van der Waals surface area contributed by atoms with Crippen LogP contribution in [0.2, 0.25) is 0 Å². The van der Waals surface area contributed by atoms with Gasteiger partial charge in [0.25, 0.3) is 5.91 Å². The molecule has 2 aromatic rings. The number of nitrogens with zero attached hydrogens (tertiary/aromatic N) is 1. The van der Waals surface area contributed by atoms with Crippen LogP contribution in [0.4, 0.5) is 5.13 Å². The Morgan fingerprint density at radius 1 is 1.50 bits per heavy atom. The van der Waals surface area contributed by atoms with Crippen molar-refractivity contribution < 1.29 is 4.79 Å².